The Morgan fingerprint density at radius 1 is 1.47 bits per heavy atom. The molecule has 1 aromatic heterocycles. The van der Waals surface area contributed by atoms with Gasteiger partial charge in [0.05, 0.1) is 6.33 Å². The maximum atomic E-state index is 4.02. The van der Waals surface area contributed by atoms with Crippen LogP contribution in [0.5, 0.6) is 0 Å². The Kier molecular flexibility index (Phi) is 6.09. The number of nitrogens with one attached hydrogen (secondary N) is 1. The van der Waals surface area contributed by atoms with Crippen molar-refractivity contribution in [3.05, 3.63) is 18.7 Å². The zero-order chi connectivity index (χ0) is 10.9. The van der Waals surface area contributed by atoms with Gasteiger partial charge in [-0.25, -0.2) is 4.98 Å². The molecule has 1 aromatic rings. The van der Waals surface area contributed by atoms with Crippen LogP contribution in [0.2, 0.25) is 0 Å². The summed E-state index contributed by atoms with van der Waals surface area (Å²) in [7, 11) is 0. The maximum absolute atomic E-state index is 4.02. The Hall–Kier alpha value is -0.830. The minimum absolute atomic E-state index is 0.809. The van der Waals surface area contributed by atoms with Crippen molar-refractivity contribution in [2.75, 3.05) is 13.1 Å². The van der Waals surface area contributed by atoms with Gasteiger partial charge in [-0.05, 0) is 31.8 Å². The summed E-state index contributed by atoms with van der Waals surface area (Å²) in [5, 5.41) is 3.50. The van der Waals surface area contributed by atoms with E-state index in [1.807, 2.05) is 18.7 Å². The molecule has 3 heteroatoms. The molecule has 0 spiro atoms. The van der Waals surface area contributed by atoms with E-state index in [0.29, 0.717) is 0 Å². The molecule has 0 unspecified atom stereocenters. The van der Waals surface area contributed by atoms with E-state index in [1.165, 1.54) is 19.3 Å². The first-order valence-corrected chi connectivity index (χ1v) is 5.99. The molecule has 86 valence electrons. The molecule has 1 N–H and O–H groups in total. The van der Waals surface area contributed by atoms with Crippen LogP contribution in [0.25, 0.3) is 0 Å². The van der Waals surface area contributed by atoms with Gasteiger partial charge >= 0.3 is 0 Å². The number of rotatable bonds is 8. The lowest BCUT2D eigenvalue weighted by Crippen LogP contribution is -2.23. The second-order valence-corrected chi connectivity index (χ2v) is 4.25. The monoisotopic (exact) mass is 209 g/mol. The smallest absolute Gasteiger partial charge is 0.0945 e. The number of hydrogen-bond acceptors (Lipinski definition) is 2. The van der Waals surface area contributed by atoms with Crippen molar-refractivity contribution in [2.45, 2.75) is 39.7 Å². The van der Waals surface area contributed by atoms with Gasteiger partial charge in [0.2, 0.25) is 0 Å². The van der Waals surface area contributed by atoms with Gasteiger partial charge in [0.1, 0.15) is 0 Å². The normalized spacial score (nSPS) is 12.9. The van der Waals surface area contributed by atoms with Crippen LogP contribution in [0.15, 0.2) is 18.7 Å². The van der Waals surface area contributed by atoms with Crippen LogP contribution in [0.3, 0.4) is 0 Å². The van der Waals surface area contributed by atoms with Crippen LogP contribution in [0.1, 0.15) is 33.1 Å². The lowest BCUT2D eigenvalue weighted by Gasteiger charge is -2.11. The van der Waals surface area contributed by atoms with Crippen LogP contribution in [0, 0.1) is 5.92 Å². The standard InChI is InChI=1S/C12H23N3/c1-3-5-12(2)10-13-6-4-8-15-9-7-14-11-15/h7,9,11-13H,3-6,8,10H2,1-2H3/t12-/m1/s1. The predicted octanol–water partition coefficient (Wildman–Crippen LogP) is 2.30. The summed E-state index contributed by atoms with van der Waals surface area (Å²) < 4.78 is 2.12. The Morgan fingerprint density at radius 2 is 2.33 bits per heavy atom. The summed E-state index contributed by atoms with van der Waals surface area (Å²) in [5.74, 6) is 0.809. The van der Waals surface area contributed by atoms with E-state index in [2.05, 4.69) is 28.7 Å². The minimum atomic E-state index is 0.809. The van der Waals surface area contributed by atoms with Gasteiger partial charge in [-0.2, -0.15) is 0 Å². The topological polar surface area (TPSA) is 29.9 Å². The molecular weight excluding hydrogens is 186 g/mol. The van der Waals surface area contributed by atoms with E-state index >= 15 is 0 Å². The summed E-state index contributed by atoms with van der Waals surface area (Å²) in [6, 6.07) is 0. The molecule has 0 aliphatic heterocycles. The molecule has 0 amide bonds. The Bertz CT molecular complexity index is 231. The van der Waals surface area contributed by atoms with Crippen LogP contribution >= 0.6 is 0 Å². The minimum Gasteiger partial charge on any atom is -0.337 e. The highest BCUT2D eigenvalue weighted by Gasteiger charge is 1.98. The van der Waals surface area contributed by atoms with Gasteiger partial charge in [0.25, 0.3) is 0 Å². The molecule has 0 aliphatic carbocycles. The quantitative estimate of drug-likeness (QED) is 0.666. The summed E-state index contributed by atoms with van der Waals surface area (Å²) >= 11 is 0. The molecule has 1 rings (SSSR count). The largest absolute Gasteiger partial charge is 0.337 e. The third-order valence-corrected chi connectivity index (χ3v) is 2.60. The third kappa shape index (κ3) is 5.57. The van der Waals surface area contributed by atoms with Crippen molar-refractivity contribution in [3.8, 4) is 0 Å². The zero-order valence-electron chi connectivity index (χ0n) is 9.95. The first-order valence-electron chi connectivity index (χ1n) is 5.99. The van der Waals surface area contributed by atoms with Gasteiger partial charge in [0, 0.05) is 18.9 Å². The Morgan fingerprint density at radius 3 is 3.00 bits per heavy atom. The van der Waals surface area contributed by atoms with Gasteiger partial charge in [-0.15, -0.1) is 0 Å². The molecule has 0 radical (unpaired) electrons. The molecule has 0 saturated heterocycles. The average Bonchev–Trinajstić information content (AvgIpc) is 2.70. The van der Waals surface area contributed by atoms with E-state index in [9.17, 15) is 0 Å². The Labute approximate surface area is 92.9 Å². The molecule has 0 aliphatic rings. The van der Waals surface area contributed by atoms with Crippen LogP contribution in [-0.2, 0) is 6.54 Å². The molecule has 0 saturated carbocycles. The molecule has 3 nitrogen and oxygen atoms in total. The van der Waals surface area contributed by atoms with Crippen LogP contribution in [-0.4, -0.2) is 22.6 Å². The lowest BCUT2D eigenvalue weighted by atomic mass is 10.1. The number of aryl methyl sites for hydroxylation is 1. The highest BCUT2D eigenvalue weighted by molar-refractivity contribution is 4.73. The van der Waals surface area contributed by atoms with E-state index in [4.69, 9.17) is 0 Å². The van der Waals surface area contributed by atoms with E-state index in [0.717, 1.165) is 25.6 Å². The van der Waals surface area contributed by atoms with Crippen molar-refractivity contribution in [3.63, 3.8) is 0 Å². The van der Waals surface area contributed by atoms with Crippen molar-refractivity contribution >= 4 is 0 Å². The lowest BCUT2D eigenvalue weighted by molar-refractivity contribution is 0.465. The molecule has 0 bridgehead atoms. The highest BCUT2D eigenvalue weighted by atomic mass is 15.0. The van der Waals surface area contributed by atoms with Gasteiger partial charge in [0.15, 0.2) is 0 Å². The molecule has 0 fully saturated rings. The highest BCUT2D eigenvalue weighted by Crippen LogP contribution is 2.02. The number of hydrogen-bond donors (Lipinski definition) is 1. The van der Waals surface area contributed by atoms with E-state index in [-0.39, 0.29) is 0 Å². The first-order chi connectivity index (χ1) is 7.33. The van der Waals surface area contributed by atoms with Gasteiger partial charge in [-0.3, -0.25) is 0 Å². The van der Waals surface area contributed by atoms with E-state index in [1.54, 1.807) is 0 Å². The fourth-order valence-corrected chi connectivity index (χ4v) is 1.75. The second kappa shape index (κ2) is 7.46. The predicted molar refractivity (Wildman–Crippen MR) is 63.8 cm³/mol. The SMILES string of the molecule is CCC[C@@H](C)CNCCCn1ccnc1. The number of imidazole rings is 1. The number of aromatic nitrogens is 2. The van der Waals surface area contributed by atoms with Crippen LogP contribution < -0.4 is 5.32 Å². The maximum Gasteiger partial charge on any atom is 0.0945 e. The van der Waals surface area contributed by atoms with E-state index < -0.39 is 0 Å². The fourth-order valence-electron chi connectivity index (χ4n) is 1.75. The zero-order valence-corrected chi connectivity index (χ0v) is 9.95. The number of nitrogens with zero attached hydrogens (tertiary/aromatic N) is 2. The molecule has 0 aromatic carbocycles. The molecular formula is C12H23N3. The van der Waals surface area contributed by atoms with Crippen molar-refractivity contribution in [1.82, 2.24) is 14.9 Å². The second-order valence-electron chi connectivity index (χ2n) is 4.25. The first kappa shape index (κ1) is 12.2. The van der Waals surface area contributed by atoms with Crippen molar-refractivity contribution in [2.24, 2.45) is 5.92 Å². The van der Waals surface area contributed by atoms with Gasteiger partial charge < -0.3 is 9.88 Å². The third-order valence-electron chi connectivity index (χ3n) is 2.60. The van der Waals surface area contributed by atoms with Crippen molar-refractivity contribution in [1.29, 1.82) is 0 Å². The molecule has 1 atom stereocenters. The summed E-state index contributed by atoms with van der Waals surface area (Å²) in [6.07, 6.45) is 9.51. The average molecular weight is 209 g/mol. The summed E-state index contributed by atoms with van der Waals surface area (Å²) in [4.78, 5) is 4.02. The Balaban J connectivity index is 1.93. The molecule has 15 heavy (non-hydrogen) atoms. The fraction of sp³-hybridized carbons (Fsp3) is 0.750. The van der Waals surface area contributed by atoms with Crippen LogP contribution in [0.4, 0.5) is 0 Å². The molecule has 1 heterocycles. The summed E-state index contributed by atoms with van der Waals surface area (Å²) in [6.45, 7) is 7.88. The van der Waals surface area contributed by atoms with Gasteiger partial charge in [-0.1, -0.05) is 20.3 Å². The summed E-state index contributed by atoms with van der Waals surface area (Å²) in [5.41, 5.74) is 0. The van der Waals surface area contributed by atoms with Crippen molar-refractivity contribution < 1.29 is 0 Å².